The molecule has 0 unspecified atom stereocenters. The van der Waals surface area contributed by atoms with Crippen LogP contribution in [-0.2, 0) is 10.2 Å². The van der Waals surface area contributed by atoms with E-state index in [-0.39, 0.29) is 11.5 Å². The highest BCUT2D eigenvalue weighted by Crippen LogP contribution is 2.41. The maximum Gasteiger partial charge on any atom is 0.407 e. The molecule has 3 rings (SSSR count). The van der Waals surface area contributed by atoms with Crippen molar-refractivity contribution in [3.05, 3.63) is 51.6 Å². The third-order valence-electron chi connectivity index (χ3n) is 5.19. The molecule has 8 heteroatoms. The zero-order valence-electron chi connectivity index (χ0n) is 17.5. The topological polar surface area (TPSA) is 73.3 Å². The Morgan fingerprint density at radius 1 is 1.23 bits per heavy atom. The van der Waals surface area contributed by atoms with Crippen molar-refractivity contribution in [2.75, 3.05) is 6.54 Å². The van der Waals surface area contributed by atoms with Gasteiger partial charge in [-0.3, -0.25) is 0 Å². The zero-order chi connectivity index (χ0) is 21.8. The average molecular weight is 497 g/mol. The van der Waals surface area contributed by atoms with E-state index in [0.29, 0.717) is 22.1 Å². The normalized spacial score (nSPS) is 21.7. The van der Waals surface area contributed by atoms with Crippen molar-refractivity contribution in [1.82, 2.24) is 15.5 Å². The van der Waals surface area contributed by atoms with Gasteiger partial charge in [0.15, 0.2) is 0 Å². The van der Waals surface area contributed by atoms with E-state index in [2.05, 4.69) is 37.5 Å². The molecule has 1 fully saturated rings. The molecule has 162 valence electrons. The van der Waals surface area contributed by atoms with Crippen LogP contribution in [0.2, 0.25) is 5.02 Å². The summed E-state index contributed by atoms with van der Waals surface area (Å²) < 4.78 is 12.1. The van der Waals surface area contributed by atoms with E-state index < -0.39 is 11.7 Å². The van der Waals surface area contributed by atoms with Crippen LogP contribution in [0, 0.1) is 0 Å². The number of aromatic nitrogens is 2. The third-order valence-corrected chi connectivity index (χ3v) is 5.85. The Hall–Kier alpha value is -1.86. The Morgan fingerprint density at radius 2 is 1.97 bits per heavy atom. The number of hydrogen-bond donors (Lipinski definition) is 1. The quantitative estimate of drug-likeness (QED) is 0.577. The molecular formula is C22H27BrClN3O3. The Morgan fingerprint density at radius 3 is 2.57 bits per heavy atom. The van der Waals surface area contributed by atoms with Gasteiger partial charge in [-0.1, -0.05) is 23.7 Å². The summed E-state index contributed by atoms with van der Waals surface area (Å²) in [4.78, 5) is 12.3. The van der Waals surface area contributed by atoms with Gasteiger partial charge in [-0.2, -0.15) is 0 Å². The number of hydrogen-bond acceptors (Lipinski definition) is 5. The maximum atomic E-state index is 12.3. The van der Waals surface area contributed by atoms with Gasteiger partial charge >= 0.3 is 6.09 Å². The van der Waals surface area contributed by atoms with Crippen LogP contribution in [0.4, 0.5) is 4.79 Å². The molecule has 1 aromatic carbocycles. The van der Waals surface area contributed by atoms with Crippen molar-refractivity contribution >= 4 is 33.6 Å². The SMILES string of the molecule is CC(C)(C)OC(=O)NC[C@]1(c2cccc(Cl)c2)CC[C@@H](Oc2ccc(Br)nn2)CC1. The zero-order valence-corrected chi connectivity index (χ0v) is 19.8. The fourth-order valence-electron chi connectivity index (χ4n) is 3.74. The van der Waals surface area contributed by atoms with Crippen LogP contribution >= 0.6 is 27.5 Å². The summed E-state index contributed by atoms with van der Waals surface area (Å²) in [5.41, 5.74) is 0.352. The van der Waals surface area contributed by atoms with Gasteiger partial charge in [0, 0.05) is 23.0 Å². The highest BCUT2D eigenvalue weighted by Gasteiger charge is 2.38. The van der Waals surface area contributed by atoms with E-state index in [4.69, 9.17) is 21.1 Å². The smallest absolute Gasteiger partial charge is 0.407 e. The molecule has 1 saturated carbocycles. The van der Waals surface area contributed by atoms with Gasteiger partial charge in [-0.25, -0.2) is 4.79 Å². The number of benzene rings is 1. The molecule has 2 aromatic rings. The van der Waals surface area contributed by atoms with Crippen LogP contribution in [0.3, 0.4) is 0 Å². The second-order valence-corrected chi connectivity index (χ2v) is 9.91. The van der Waals surface area contributed by atoms with Gasteiger partial charge in [0.05, 0.1) is 0 Å². The number of amides is 1. The Bertz CT molecular complexity index is 863. The van der Waals surface area contributed by atoms with E-state index >= 15 is 0 Å². The number of ether oxygens (including phenoxy) is 2. The molecule has 1 aromatic heterocycles. The average Bonchev–Trinajstić information content (AvgIpc) is 2.68. The van der Waals surface area contributed by atoms with Crippen LogP contribution in [0.1, 0.15) is 52.0 Å². The van der Waals surface area contributed by atoms with E-state index in [1.54, 1.807) is 6.07 Å². The summed E-state index contributed by atoms with van der Waals surface area (Å²) in [6.45, 7) is 6.04. The van der Waals surface area contributed by atoms with Crippen molar-refractivity contribution in [2.24, 2.45) is 0 Å². The molecule has 0 spiro atoms. The molecule has 0 aliphatic heterocycles. The first-order valence-electron chi connectivity index (χ1n) is 10.0. The number of rotatable bonds is 5. The van der Waals surface area contributed by atoms with Gasteiger partial charge in [-0.15, -0.1) is 10.2 Å². The lowest BCUT2D eigenvalue weighted by atomic mass is 9.68. The second kappa shape index (κ2) is 9.52. The first kappa shape index (κ1) is 22.8. The molecule has 0 radical (unpaired) electrons. The van der Waals surface area contributed by atoms with Gasteiger partial charge < -0.3 is 14.8 Å². The summed E-state index contributed by atoms with van der Waals surface area (Å²) >= 11 is 9.55. The molecule has 30 heavy (non-hydrogen) atoms. The third kappa shape index (κ3) is 6.32. The first-order valence-corrected chi connectivity index (χ1v) is 11.2. The van der Waals surface area contributed by atoms with E-state index in [1.165, 1.54) is 0 Å². The number of nitrogens with one attached hydrogen (secondary N) is 1. The number of nitrogens with zero attached hydrogens (tertiary/aromatic N) is 2. The molecule has 1 amide bonds. The Labute approximate surface area is 190 Å². The molecule has 0 bridgehead atoms. The van der Waals surface area contributed by atoms with Crippen molar-refractivity contribution in [2.45, 2.75) is 63.6 Å². The van der Waals surface area contributed by atoms with Gasteiger partial charge in [0.2, 0.25) is 5.88 Å². The summed E-state index contributed by atoms with van der Waals surface area (Å²) in [6.07, 6.45) is 3.00. The minimum atomic E-state index is -0.537. The second-order valence-electron chi connectivity index (χ2n) is 8.66. The standard InChI is InChI=1S/C22H27BrClN3O3/c1-21(2,3)30-20(28)25-14-22(15-5-4-6-16(24)13-15)11-9-17(10-12-22)29-19-8-7-18(23)26-27-19/h4-8,13,17H,9-12,14H2,1-3H3,(H,25,28)/t17-,22+. The molecule has 0 atom stereocenters. The summed E-state index contributed by atoms with van der Waals surface area (Å²) in [7, 11) is 0. The summed E-state index contributed by atoms with van der Waals surface area (Å²) in [5.74, 6) is 0.519. The molecule has 1 N–H and O–H groups in total. The first-order chi connectivity index (χ1) is 14.2. The highest BCUT2D eigenvalue weighted by atomic mass is 79.9. The van der Waals surface area contributed by atoms with Crippen molar-refractivity contribution in [1.29, 1.82) is 0 Å². The lowest BCUT2D eigenvalue weighted by molar-refractivity contribution is 0.0493. The lowest BCUT2D eigenvalue weighted by Gasteiger charge is -2.40. The molecular weight excluding hydrogens is 470 g/mol. The molecule has 1 aliphatic rings. The van der Waals surface area contributed by atoms with Gasteiger partial charge in [0.1, 0.15) is 16.3 Å². The fourth-order valence-corrected chi connectivity index (χ4v) is 4.14. The van der Waals surface area contributed by atoms with Crippen LogP contribution in [-0.4, -0.2) is 34.5 Å². The lowest BCUT2D eigenvalue weighted by Crippen LogP contribution is -2.46. The fraction of sp³-hybridized carbons (Fsp3) is 0.500. The predicted molar refractivity (Wildman–Crippen MR) is 120 cm³/mol. The van der Waals surface area contributed by atoms with Crippen LogP contribution < -0.4 is 10.1 Å². The molecule has 1 heterocycles. The highest BCUT2D eigenvalue weighted by molar-refractivity contribution is 9.10. The van der Waals surface area contributed by atoms with Crippen LogP contribution in [0.5, 0.6) is 5.88 Å². The predicted octanol–water partition coefficient (Wildman–Crippen LogP) is 5.68. The summed E-state index contributed by atoms with van der Waals surface area (Å²) in [5, 5.41) is 11.7. The Kier molecular flexibility index (Phi) is 7.24. The summed E-state index contributed by atoms with van der Waals surface area (Å²) in [6, 6.07) is 11.5. The molecule has 1 aliphatic carbocycles. The van der Waals surface area contributed by atoms with Crippen LogP contribution in [0.25, 0.3) is 0 Å². The minimum Gasteiger partial charge on any atom is -0.473 e. The largest absolute Gasteiger partial charge is 0.473 e. The van der Waals surface area contributed by atoms with E-state index in [1.807, 2.05) is 45.0 Å². The van der Waals surface area contributed by atoms with Crippen molar-refractivity contribution < 1.29 is 14.3 Å². The Balaban J connectivity index is 1.70. The molecule has 6 nitrogen and oxygen atoms in total. The number of carbonyl (C=O) groups is 1. The maximum absolute atomic E-state index is 12.3. The van der Waals surface area contributed by atoms with Crippen LogP contribution in [0.15, 0.2) is 41.0 Å². The van der Waals surface area contributed by atoms with E-state index in [9.17, 15) is 4.79 Å². The van der Waals surface area contributed by atoms with Crippen molar-refractivity contribution in [3.8, 4) is 5.88 Å². The number of alkyl carbamates (subject to hydrolysis) is 1. The monoisotopic (exact) mass is 495 g/mol. The van der Waals surface area contributed by atoms with E-state index in [0.717, 1.165) is 31.2 Å². The van der Waals surface area contributed by atoms with Gasteiger partial charge in [-0.05, 0) is 86.1 Å². The van der Waals surface area contributed by atoms with Gasteiger partial charge in [0.25, 0.3) is 0 Å². The van der Waals surface area contributed by atoms with Crippen molar-refractivity contribution in [3.63, 3.8) is 0 Å². The molecule has 0 saturated heterocycles. The number of carbonyl (C=O) groups excluding carboxylic acids is 1. The number of halogens is 2. The minimum absolute atomic E-state index is 0.0503.